The number of hydrogen-bond acceptors (Lipinski definition) is 5. The fraction of sp³-hybridized carbons (Fsp3) is 0.0500. The van der Waals surface area contributed by atoms with Crippen molar-refractivity contribution in [1.82, 2.24) is 15.0 Å². The lowest BCUT2D eigenvalue weighted by molar-refractivity contribution is 0.415. The van der Waals surface area contributed by atoms with Crippen LogP contribution >= 0.6 is 11.6 Å². The smallest absolute Gasteiger partial charge is 0.262 e. The number of aromatic amines is 1. The van der Waals surface area contributed by atoms with E-state index in [9.17, 15) is 4.79 Å². The van der Waals surface area contributed by atoms with Gasteiger partial charge in [-0.1, -0.05) is 35.9 Å². The van der Waals surface area contributed by atoms with E-state index in [4.69, 9.17) is 16.3 Å². The minimum absolute atomic E-state index is 0.278. The molecule has 4 aromatic rings. The molecule has 134 valence electrons. The number of anilines is 2. The number of benzene rings is 2. The van der Waals surface area contributed by atoms with E-state index in [-0.39, 0.29) is 11.5 Å². The van der Waals surface area contributed by atoms with Gasteiger partial charge in [0.05, 0.1) is 23.2 Å². The fourth-order valence-electron chi connectivity index (χ4n) is 2.82. The molecule has 0 amide bonds. The molecule has 2 aromatic carbocycles. The van der Waals surface area contributed by atoms with Gasteiger partial charge in [-0.25, -0.2) is 4.98 Å². The first-order valence-corrected chi connectivity index (χ1v) is 8.58. The van der Waals surface area contributed by atoms with Crippen LogP contribution in [0.5, 0.6) is 5.75 Å². The monoisotopic (exact) mass is 378 g/mol. The predicted molar refractivity (Wildman–Crippen MR) is 107 cm³/mol. The second kappa shape index (κ2) is 7.09. The molecule has 0 aliphatic rings. The highest BCUT2D eigenvalue weighted by Gasteiger charge is 2.12. The summed E-state index contributed by atoms with van der Waals surface area (Å²) in [5.74, 6) is 1.02. The van der Waals surface area contributed by atoms with Gasteiger partial charge in [0.25, 0.3) is 5.56 Å². The van der Waals surface area contributed by atoms with Gasteiger partial charge >= 0.3 is 0 Å². The van der Waals surface area contributed by atoms with Crippen LogP contribution < -0.4 is 15.6 Å². The molecule has 27 heavy (non-hydrogen) atoms. The molecule has 2 heterocycles. The quantitative estimate of drug-likeness (QED) is 0.550. The minimum atomic E-state index is -0.284. The Kier molecular flexibility index (Phi) is 4.48. The summed E-state index contributed by atoms with van der Waals surface area (Å²) in [6.07, 6.45) is 1.63. The summed E-state index contributed by atoms with van der Waals surface area (Å²) >= 11 is 6.15. The van der Waals surface area contributed by atoms with E-state index >= 15 is 0 Å². The maximum absolute atomic E-state index is 12.8. The number of halogens is 1. The Hall–Kier alpha value is -3.38. The number of ether oxygens (including phenoxy) is 1. The minimum Gasteiger partial charge on any atom is -0.497 e. The first kappa shape index (κ1) is 17.1. The summed E-state index contributed by atoms with van der Waals surface area (Å²) in [5, 5.41) is 3.98. The second-order valence-electron chi connectivity index (χ2n) is 5.81. The van der Waals surface area contributed by atoms with Crippen molar-refractivity contribution in [3.63, 3.8) is 0 Å². The zero-order valence-electron chi connectivity index (χ0n) is 14.4. The van der Waals surface area contributed by atoms with Crippen LogP contribution in [0.1, 0.15) is 0 Å². The van der Waals surface area contributed by atoms with Gasteiger partial charge in [-0.2, -0.15) is 4.98 Å². The van der Waals surface area contributed by atoms with Gasteiger partial charge < -0.3 is 10.1 Å². The van der Waals surface area contributed by atoms with E-state index in [1.165, 1.54) is 0 Å². The van der Waals surface area contributed by atoms with Crippen molar-refractivity contribution in [3.05, 3.63) is 76.2 Å². The first-order valence-electron chi connectivity index (χ1n) is 8.21. The molecule has 0 aliphatic heterocycles. The summed E-state index contributed by atoms with van der Waals surface area (Å²) < 4.78 is 5.19. The van der Waals surface area contributed by atoms with Crippen molar-refractivity contribution in [2.75, 3.05) is 12.4 Å². The van der Waals surface area contributed by atoms with E-state index < -0.39 is 0 Å². The molecular weight excluding hydrogens is 364 g/mol. The van der Waals surface area contributed by atoms with E-state index in [0.29, 0.717) is 21.7 Å². The molecule has 0 radical (unpaired) electrons. The number of hydrogen-bond donors (Lipinski definition) is 2. The van der Waals surface area contributed by atoms with Crippen LogP contribution in [0.2, 0.25) is 5.02 Å². The molecule has 7 heteroatoms. The molecule has 6 nitrogen and oxygen atoms in total. The van der Waals surface area contributed by atoms with Crippen molar-refractivity contribution < 1.29 is 4.74 Å². The molecule has 0 saturated carbocycles. The molecular formula is C20H15ClN4O2. The summed E-state index contributed by atoms with van der Waals surface area (Å²) in [4.78, 5) is 24.2. The first-order chi connectivity index (χ1) is 13.2. The molecule has 0 unspecified atom stereocenters. The number of methoxy groups -OCH3 is 1. The number of nitrogens with zero attached hydrogens (tertiary/aromatic N) is 2. The second-order valence-corrected chi connectivity index (χ2v) is 6.21. The third-order valence-electron chi connectivity index (χ3n) is 4.14. The lowest BCUT2D eigenvalue weighted by Gasteiger charge is -2.10. The van der Waals surface area contributed by atoms with Gasteiger partial charge in [-0.15, -0.1) is 0 Å². The number of nitrogens with one attached hydrogen (secondary N) is 2. The standard InChI is InChI=1S/C20H15ClN4O2/c1-27-13-8-6-12(7-9-13)14-10-11-22-18-17(14)19(26)25-20(24-18)23-16-5-3-2-4-15(16)21/h2-11H,1H3,(H2,22,23,24,25,26). The lowest BCUT2D eigenvalue weighted by atomic mass is 10.0. The number of fused-ring (bicyclic) bond motifs is 1. The molecule has 0 bridgehead atoms. The lowest BCUT2D eigenvalue weighted by Crippen LogP contribution is -2.13. The number of pyridine rings is 1. The van der Waals surface area contributed by atoms with Crippen LogP contribution in [0.4, 0.5) is 11.6 Å². The molecule has 2 N–H and O–H groups in total. The van der Waals surface area contributed by atoms with Crippen molar-refractivity contribution in [3.8, 4) is 16.9 Å². The van der Waals surface area contributed by atoms with Crippen LogP contribution in [0.3, 0.4) is 0 Å². The van der Waals surface area contributed by atoms with Gasteiger partial charge in [0.1, 0.15) is 5.75 Å². The normalized spacial score (nSPS) is 10.7. The van der Waals surface area contributed by atoms with Crippen LogP contribution in [0, 0.1) is 0 Å². The Morgan fingerprint density at radius 3 is 2.59 bits per heavy atom. The molecule has 0 aliphatic carbocycles. The predicted octanol–water partition coefficient (Wildman–Crippen LogP) is 4.39. The maximum Gasteiger partial charge on any atom is 0.262 e. The van der Waals surface area contributed by atoms with Crippen LogP contribution in [0.25, 0.3) is 22.2 Å². The van der Waals surface area contributed by atoms with Gasteiger partial charge in [-0.05, 0) is 41.5 Å². The van der Waals surface area contributed by atoms with Crippen molar-refractivity contribution >= 4 is 34.3 Å². The molecule has 0 fully saturated rings. The summed E-state index contributed by atoms with van der Waals surface area (Å²) in [6.45, 7) is 0. The Labute approximate surface area is 159 Å². The van der Waals surface area contributed by atoms with E-state index in [0.717, 1.165) is 16.9 Å². The Morgan fingerprint density at radius 1 is 1.07 bits per heavy atom. The maximum atomic E-state index is 12.8. The zero-order valence-corrected chi connectivity index (χ0v) is 15.1. The third kappa shape index (κ3) is 3.35. The summed E-state index contributed by atoms with van der Waals surface area (Å²) in [7, 11) is 1.61. The summed E-state index contributed by atoms with van der Waals surface area (Å²) in [6, 6.07) is 16.5. The van der Waals surface area contributed by atoms with Crippen molar-refractivity contribution in [1.29, 1.82) is 0 Å². The number of para-hydroxylation sites is 1. The van der Waals surface area contributed by atoms with Crippen LogP contribution in [-0.2, 0) is 0 Å². The van der Waals surface area contributed by atoms with Gasteiger partial charge in [0.15, 0.2) is 5.65 Å². The summed E-state index contributed by atoms with van der Waals surface area (Å²) in [5.41, 5.74) is 2.34. The molecule has 0 saturated heterocycles. The number of aromatic nitrogens is 3. The van der Waals surface area contributed by atoms with Crippen molar-refractivity contribution in [2.45, 2.75) is 0 Å². The average Bonchev–Trinajstić information content (AvgIpc) is 2.69. The number of rotatable bonds is 4. The van der Waals surface area contributed by atoms with Gasteiger partial charge in [-0.3, -0.25) is 9.78 Å². The Bertz CT molecular complexity index is 1170. The highest BCUT2D eigenvalue weighted by atomic mass is 35.5. The highest BCUT2D eigenvalue weighted by Crippen LogP contribution is 2.27. The van der Waals surface area contributed by atoms with Crippen molar-refractivity contribution in [2.24, 2.45) is 0 Å². The van der Waals surface area contributed by atoms with E-state index in [1.54, 1.807) is 31.5 Å². The Balaban J connectivity index is 1.80. The largest absolute Gasteiger partial charge is 0.497 e. The zero-order chi connectivity index (χ0) is 18.8. The molecule has 2 aromatic heterocycles. The fourth-order valence-corrected chi connectivity index (χ4v) is 3.01. The van der Waals surface area contributed by atoms with E-state index in [2.05, 4.69) is 20.3 Å². The SMILES string of the molecule is COc1ccc(-c2ccnc3nc(Nc4ccccc4Cl)[nH]c(=O)c23)cc1. The number of H-pyrrole nitrogens is 1. The molecule has 4 rings (SSSR count). The topological polar surface area (TPSA) is 79.9 Å². The van der Waals surface area contributed by atoms with Crippen LogP contribution in [0.15, 0.2) is 65.6 Å². The van der Waals surface area contributed by atoms with Gasteiger partial charge in [0.2, 0.25) is 5.95 Å². The Morgan fingerprint density at radius 2 is 1.85 bits per heavy atom. The van der Waals surface area contributed by atoms with Gasteiger partial charge in [0, 0.05) is 6.20 Å². The third-order valence-corrected chi connectivity index (χ3v) is 4.47. The van der Waals surface area contributed by atoms with Crippen LogP contribution in [-0.4, -0.2) is 22.1 Å². The highest BCUT2D eigenvalue weighted by molar-refractivity contribution is 6.33. The molecule has 0 spiro atoms. The van der Waals surface area contributed by atoms with E-state index in [1.807, 2.05) is 36.4 Å². The molecule has 0 atom stereocenters. The average molecular weight is 379 g/mol.